The van der Waals surface area contributed by atoms with Crippen molar-refractivity contribution >= 4 is 11.8 Å². The van der Waals surface area contributed by atoms with Gasteiger partial charge in [-0.05, 0) is 42.7 Å². The SMILES string of the molecule is COc1cccc(CCNC(=O)CCCNC(=O)c2ccco2)c1. The molecule has 2 aromatic rings. The van der Waals surface area contributed by atoms with Gasteiger partial charge in [-0.2, -0.15) is 0 Å². The molecule has 6 heteroatoms. The predicted molar refractivity (Wildman–Crippen MR) is 90.0 cm³/mol. The van der Waals surface area contributed by atoms with Crippen molar-refractivity contribution < 1.29 is 18.7 Å². The molecule has 0 atom stereocenters. The molecule has 2 rings (SSSR count). The summed E-state index contributed by atoms with van der Waals surface area (Å²) >= 11 is 0. The fourth-order valence-corrected chi connectivity index (χ4v) is 2.21. The number of hydrogen-bond donors (Lipinski definition) is 2. The summed E-state index contributed by atoms with van der Waals surface area (Å²) in [6.07, 6.45) is 3.15. The Morgan fingerprint density at radius 1 is 1.12 bits per heavy atom. The van der Waals surface area contributed by atoms with Crippen molar-refractivity contribution in [2.45, 2.75) is 19.3 Å². The van der Waals surface area contributed by atoms with E-state index in [0.29, 0.717) is 25.9 Å². The van der Waals surface area contributed by atoms with Gasteiger partial charge >= 0.3 is 0 Å². The van der Waals surface area contributed by atoms with Crippen LogP contribution in [0.3, 0.4) is 0 Å². The Kier molecular flexibility index (Phi) is 6.89. The summed E-state index contributed by atoms with van der Waals surface area (Å²) in [5.41, 5.74) is 1.11. The van der Waals surface area contributed by atoms with Gasteiger partial charge in [0.25, 0.3) is 5.91 Å². The maximum Gasteiger partial charge on any atom is 0.286 e. The molecule has 0 saturated carbocycles. The molecule has 0 unspecified atom stereocenters. The van der Waals surface area contributed by atoms with Crippen molar-refractivity contribution in [3.05, 3.63) is 54.0 Å². The number of ether oxygens (including phenoxy) is 1. The summed E-state index contributed by atoms with van der Waals surface area (Å²) in [4.78, 5) is 23.4. The van der Waals surface area contributed by atoms with E-state index in [4.69, 9.17) is 9.15 Å². The van der Waals surface area contributed by atoms with Crippen molar-refractivity contribution in [1.29, 1.82) is 0 Å². The van der Waals surface area contributed by atoms with Crippen LogP contribution in [0.4, 0.5) is 0 Å². The van der Waals surface area contributed by atoms with Crippen molar-refractivity contribution in [3.63, 3.8) is 0 Å². The molecule has 0 fully saturated rings. The highest BCUT2D eigenvalue weighted by molar-refractivity contribution is 5.91. The second-order valence-electron chi connectivity index (χ2n) is 5.29. The minimum absolute atomic E-state index is 0.0230. The minimum Gasteiger partial charge on any atom is -0.497 e. The lowest BCUT2D eigenvalue weighted by Crippen LogP contribution is -2.28. The number of amides is 2. The summed E-state index contributed by atoms with van der Waals surface area (Å²) in [5, 5.41) is 5.58. The molecule has 0 radical (unpaired) electrons. The van der Waals surface area contributed by atoms with E-state index in [1.165, 1.54) is 6.26 Å². The molecule has 1 heterocycles. The van der Waals surface area contributed by atoms with Gasteiger partial charge in [0.1, 0.15) is 5.75 Å². The van der Waals surface area contributed by atoms with Gasteiger partial charge < -0.3 is 19.8 Å². The number of carbonyl (C=O) groups excluding carboxylic acids is 2. The molecule has 2 amide bonds. The van der Waals surface area contributed by atoms with Crippen LogP contribution in [0.5, 0.6) is 5.75 Å². The Morgan fingerprint density at radius 2 is 2.00 bits per heavy atom. The highest BCUT2D eigenvalue weighted by Crippen LogP contribution is 2.12. The second-order valence-corrected chi connectivity index (χ2v) is 5.29. The fraction of sp³-hybridized carbons (Fsp3) is 0.333. The number of furan rings is 1. The average Bonchev–Trinajstić information content (AvgIpc) is 3.13. The standard InChI is InChI=1S/C18H22N2O4/c1-23-15-6-2-5-14(13-15)9-11-19-17(21)8-3-10-20-18(22)16-7-4-12-24-16/h2,4-7,12-13H,3,8-11H2,1H3,(H,19,21)(H,20,22). The van der Waals surface area contributed by atoms with Crippen molar-refractivity contribution in [2.75, 3.05) is 20.2 Å². The van der Waals surface area contributed by atoms with E-state index < -0.39 is 0 Å². The first-order chi connectivity index (χ1) is 11.7. The third-order valence-corrected chi connectivity index (χ3v) is 3.48. The van der Waals surface area contributed by atoms with E-state index in [1.54, 1.807) is 19.2 Å². The first-order valence-electron chi connectivity index (χ1n) is 7.90. The zero-order chi connectivity index (χ0) is 17.2. The summed E-state index contributed by atoms with van der Waals surface area (Å²) in [7, 11) is 1.63. The van der Waals surface area contributed by atoms with Gasteiger partial charge in [0, 0.05) is 19.5 Å². The molecular weight excluding hydrogens is 308 g/mol. The van der Waals surface area contributed by atoms with Gasteiger partial charge in [0.05, 0.1) is 13.4 Å². The highest BCUT2D eigenvalue weighted by Gasteiger charge is 2.07. The number of nitrogens with one attached hydrogen (secondary N) is 2. The zero-order valence-corrected chi connectivity index (χ0v) is 13.7. The van der Waals surface area contributed by atoms with Crippen LogP contribution in [-0.4, -0.2) is 32.0 Å². The molecule has 1 aromatic carbocycles. The molecule has 128 valence electrons. The second kappa shape index (κ2) is 9.39. The van der Waals surface area contributed by atoms with E-state index in [1.807, 2.05) is 24.3 Å². The smallest absolute Gasteiger partial charge is 0.286 e. The number of rotatable bonds is 9. The van der Waals surface area contributed by atoms with Gasteiger partial charge in [0.15, 0.2) is 5.76 Å². The van der Waals surface area contributed by atoms with Gasteiger partial charge in [-0.25, -0.2) is 0 Å². The zero-order valence-electron chi connectivity index (χ0n) is 13.7. The summed E-state index contributed by atoms with van der Waals surface area (Å²) < 4.78 is 10.2. The topological polar surface area (TPSA) is 80.6 Å². The van der Waals surface area contributed by atoms with Gasteiger partial charge in [-0.1, -0.05) is 12.1 Å². The highest BCUT2D eigenvalue weighted by atomic mass is 16.5. The Bertz CT molecular complexity index is 653. The molecule has 0 spiro atoms. The largest absolute Gasteiger partial charge is 0.497 e. The average molecular weight is 330 g/mol. The van der Waals surface area contributed by atoms with Crippen molar-refractivity contribution in [1.82, 2.24) is 10.6 Å². The Balaban J connectivity index is 1.57. The summed E-state index contributed by atoms with van der Waals surface area (Å²) in [6, 6.07) is 11.0. The van der Waals surface area contributed by atoms with E-state index in [-0.39, 0.29) is 17.6 Å². The summed E-state index contributed by atoms with van der Waals surface area (Å²) in [6.45, 7) is 1.01. The van der Waals surface area contributed by atoms with Crippen LogP contribution in [0.2, 0.25) is 0 Å². The number of carbonyl (C=O) groups is 2. The van der Waals surface area contributed by atoms with Crippen LogP contribution in [0, 0.1) is 0 Å². The Morgan fingerprint density at radius 3 is 2.75 bits per heavy atom. The lowest BCUT2D eigenvalue weighted by atomic mass is 10.1. The normalized spacial score (nSPS) is 10.2. The van der Waals surface area contributed by atoms with Gasteiger partial charge in [-0.3, -0.25) is 9.59 Å². The molecule has 0 aliphatic rings. The molecule has 2 N–H and O–H groups in total. The third kappa shape index (κ3) is 5.79. The van der Waals surface area contributed by atoms with E-state index in [9.17, 15) is 9.59 Å². The van der Waals surface area contributed by atoms with Crippen LogP contribution in [-0.2, 0) is 11.2 Å². The van der Waals surface area contributed by atoms with Crippen LogP contribution in [0.1, 0.15) is 29.0 Å². The molecule has 0 bridgehead atoms. The first-order valence-corrected chi connectivity index (χ1v) is 7.90. The van der Waals surface area contributed by atoms with E-state index >= 15 is 0 Å². The number of benzene rings is 1. The molecule has 24 heavy (non-hydrogen) atoms. The molecular formula is C18H22N2O4. The monoisotopic (exact) mass is 330 g/mol. The number of hydrogen-bond acceptors (Lipinski definition) is 4. The minimum atomic E-state index is -0.265. The molecule has 0 saturated heterocycles. The first kappa shape index (κ1) is 17.6. The van der Waals surface area contributed by atoms with Crippen LogP contribution in [0.15, 0.2) is 47.1 Å². The molecule has 0 aliphatic carbocycles. The lowest BCUT2D eigenvalue weighted by molar-refractivity contribution is -0.121. The maximum absolute atomic E-state index is 11.8. The fourth-order valence-electron chi connectivity index (χ4n) is 2.21. The predicted octanol–water partition coefficient (Wildman–Crippen LogP) is 2.16. The van der Waals surface area contributed by atoms with Crippen molar-refractivity contribution in [2.24, 2.45) is 0 Å². The quantitative estimate of drug-likeness (QED) is 0.691. The Labute approximate surface area is 141 Å². The third-order valence-electron chi connectivity index (χ3n) is 3.48. The number of methoxy groups -OCH3 is 1. The Hall–Kier alpha value is -2.76. The van der Waals surface area contributed by atoms with Crippen LogP contribution >= 0.6 is 0 Å². The summed E-state index contributed by atoms with van der Waals surface area (Å²) in [5.74, 6) is 0.799. The molecule has 0 aliphatic heterocycles. The molecule has 6 nitrogen and oxygen atoms in total. The van der Waals surface area contributed by atoms with E-state index in [0.717, 1.165) is 17.7 Å². The van der Waals surface area contributed by atoms with Gasteiger partial charge in [-0.15, -0.1) is 0 Å². The molecule has 1 aromatic heterocycles. The van der Waals surface area contributed by atoms with Crippen LogP contribution in [0.25, 0.3) is 0 Å². The lowest BCUT2D eigenvalue weighted by Gasteiger charge is -2.07. The van der Waals surface area contributed by atoms with Gasteiger partial charge in [0.2, 0.25) is 5.91 Å². The maximum atomic E-state index is 11.8. The van der Waals surface area contributed by atoms with Crippen molar-refractivity contribution in [3.8, 4) is 5.75 Å². The van der Waals surface area contributed by atoms with Crippen LogP contribution < -0.4 is 15.4 Å². The van der Waals surface area contributed by atoms with E-state index in [2.05, 4.69) is 10.6 Å².